The van der Waals surface area contributed by atoms with E-state index in [1.807, 2.05) is 11.0 Å². The van der Waals surface area contributed by atoms with Crippen molar-refractivity contribution in [3.05, 3.63) is 47.2 Å². The van der Waals surface area contributed by atoms with Gasteiger partial charge in [-0.3, -0.25) is 0 Å². The van der Waals surface area contributed by atoms with Gasteiger partial charge in [-0.15, -0.1) is 0 Å². The Hall–Kier alpha value is -2.58. The highest BCUT2D eigenvalue weighted by atomic mass is 35.5. The van der Waals surface area contributed by atoms with Crippen molar-refractivity contribution in [2.24, 2.45) is 5.73 Å². The second-order valence-corrected chi connectivity index (χ2v) is 6.20. The molecule has 0 amide bonds. The number of nitrogens with one attached hydrogen (secondary N) is 1. The standard InChI is InChI=1S/C16H13ClF2N6/c17-9-3-11(19)13(4-10(9)18)23-16-15-12(21-7-22-16)1-2-14(24-15)25-5-8(20)6-25/h1-4,7-8H,5-6,20H2,(H,21,22,23). The molecule has 1 fully saturated rings. The molecule has 3 heterocycles. The Balaban J connectivity index is 1.74. The summed E-state index contributed by atoms with van der Waals surface area (Å²) in [5.74, 6) is -0.415. The average Bonchev–Trinajstić information content (AvgIpc) is 2.57. The zero-order chi connectivity index (χ0) is 17.6. The van der Waals surface area contributed by atoms with Crippen LogP contribution in [-0.2, 0) is 0 Å². The van der Waals surface area contributed by atoms with E-state index in [1.54, 1.807) is 6.07 Å². The number of nitrogens with two attached hydrogens (primary N) is 1. The molecular weight excluding hydrogens is 350 g/mol. The maximum absolute atomic E-state index is 14.0. The Kier molecular flexibility index (Phi) is 3.85. The van der Waals surface area contributed by atoms with Gasteiger partial charge in [-0.1, -0.05) is 11.6 Å². The van der Waals surface area contributed by atoms with Gasteiger partial charge in [0.2, 0.25) is 0 Å². The summed E-state index contributed by atoms with van der Waals surface area (Å²) in [5.41, 5.74) is 6.75. The summed E-state index contributed by atoms with van der Waals surface area (Å²) in [4.78, 5) is 14.8. The number of aromatic nitrogens is 3. The minimum atomic E-state index is -0.729. The van der Waals surface area contributed by atoms with Gasteiger partial charge in [0.1, 0.15) is 29.3 Å². The SMILES string of the molecule is NC1CN(c2ccc3ncnc(Nc4cc(F)c(Cl)cc4F)c3n2)C1. The molecule has 4 rings (SSSR count). The van der Waals surface area contributed by atoms with Crippen LogP contribution in [0.2, 0.25) is 5.02 Å². The third-order valence-corrected chi connectivity index (χ3v) is 4.25. The van der Waals surface area contributed by atoms with E-state index in [-0.39, 0.29) is 22.6 Å². The first kappa shape index (κ1) is 15.9. The van der Waals surface area contributed by atoms with Crippen molar-refractivity contribution < 1.29 is 8.78 Å². The first-order valence-electron chi connectivity index (χ1n) is 7.55. The molecule has 1 aliphatic rings. The average molecular weight is 363 g/mol. The summed E-state index contributed by atoms with van der Waals surface area (Å²) in [6, 6.07) is 5.65. The van der Waals surface area contributed by atoms with Crippen molar-refractivity contribution in [2.45, 2.75) is 6.04 Å². The number of hydrogen-bond donors (Lipinski definition) is 2. The maximum Gasteiger partial charge on any atom is 0.160 e. The number of fused-ring (bicyclic) bond motifs is 1. The van der Waals surface area contributed by atoms with Crippen molar-refractivity contribution in [3.8, 4) is 0 Å². The van der Waals surface area contributed by atoms with Gasteiger partial charge in [-0.05, 0) is 18.2 Å². The molecule has 1 saturated heterocycles. The molecule has 25 heavy (non-hydrogen) atoms. The van der Waals surface area contributed by atoms with Crippen molar-refractivity contribution in [3.63, 3.8) is 0 Å². The molecule has 0 radical (unpaired) electrons. The number of hydrogen-bond acceptors (Lipinski definition) is 6. The predicted molar refractivity (Wildman–Crippen MR) is 92.2 cm³/mol. The number of benzene rings is 1. The van der Waals surface area contributed by atoms with Crippen LogP contribution < -0.4 is 16.0 Å². The smallest absolute Gasteiger partial charge is 0.160 e. The second kappa shape index (κ2) is 6.05. The van der Waals surface area contributed by atoms with E-state index in [1.165, 1.54) is 6.33 Å². The van der Waals surface area contributed by atoms with Gasteiger partial charge < -0.3 is 16.0 Å². The van der Waals surface area contributed by atoms with Crippen LogP contribution in [0.4, 0.5) is 26.1 Å². The quantitative estimate of drug-likeness (QED) is 0.697. The van der Waals surface area contributed by atoms with E-state index in [0.29, 0.717) is 24.1 Å². The van der Waals surface area contributed by atoms with Crippen molar-refractivity contribution in [1.29, 1.82) is 0 Å². The first-order chi connectivity index (χ1) is 12.0. The number of pyridine rings is 1. The molecule has 2 aromatic heterocycles. The highest BCUT2D eigenvalue weighted by Gasteiger charge is 2.24. The largest absolute Gasteiger partial charge is 0.353 e. The summed E-state index contributed by atoms with van der Waals surface area (Å²) < 4.78 is 27.7. The molecule has 1 aromatic carbocycles. The van der Waals surface area contributed by atoms with E-state index in [4.69, 9.17) is 17.3 Å². The van der Waals surface area contributed by atoms with E-state index >= 15 is 0 Å². The van der Waals surface area contributed by atoms with Crippen LogP contribution in [0, 0.1) is 11.6 Å². The topological polar surface area (TPSA) is 80.0 Å². The van der Waals surface area contributed by atoms with Gasteiger partial charge in [-0.25, -0.2) is 23.7 Å². The van der Waals surface area contributed by atoms with Crippen LogP contribution >= 0.6 is 11.6 Å². The highest BCUT2D eigenvalue weighted by molar-refractivity contribution is 6.30. The molecule has 0 atom stereocenters. The molecule has 0 saturated carbocycles. The lowest BCUT2D eigenvalue weighted by atomic mass is 10.1. The van der Waals surface area contributed by atoms with E-state index in [0.717, 1.165) is 18.0 Å². The van der Waals surface area contributed by atoms with E-state index in [2.05, 4.69) is 20.3 Å². The van der Waals surface area contributed by atoms with Crippen LogP contribution in [0.15, 0.2) is 30.6 Å². The zero-order valence-corrected chi connectivity index (χ0v) is 13.6. The highest BCUT2D eigenvalue weighted by Crippen LogP contribution is 2.29. The summed E-state index contributed by atoms with van der Waals surface area (Å²) in [7, 11) is 0. The Bertz CT molecular complexity index is 961. The molecular formula is C16H13ClF2N6. The summed E-state index contributed by atoms with van der Waals surface area (Å²) in [6.45, 7) is 1.43. The van der Waals surface area contributed by atoms with Gasteiger partial charge in [0.05, 0.1) is 16.2 Å². The van der Waals surface area contributed by atoms with Gasteiger partial charge in [-0.2, -0.15) is 0 Å². The number of halogens is 3. The lowest BCUT2D eigenvalue weighted by Gasteiger charge is -2.37. The third-order valence-electron chi connectivity index (χ3n) is 3.96. The van der Waals surface area contributed by atoms with Crippen LogP contribution in [0.25, 0.3) is 11.0 Å². The van der Waals surface area contributed by atoms with E-state index in [9.17, 15) is 8.78 Å². The van der Waals surface area contributed by atoms with Gasteiger partial charge >= 0.3 is 0 Å². The summed E-state index contributed by atoms with van der Waals surface area (Å²) >= 11 is 5.58. The Morgan fingerprint density at radius 2 is 1.96 bits per heavy atom. The molecule has 3 aromatic rings. The molecule has 0 bridgehead atoms. The molecule has 128 valence electrons. The molecule has 9 heteroatoms. The van der Waals surface area contributed by atoms with Gasteiger partial charge in [0.25, 0.3) is 0 Å². The molecule has 0 spiro atoms. The molecule has 0 unspecified atom stereocenters. The molecule has 6 nitrogen and oxygen atoms in total. The number of anilines is 3. The zero-order valence-electron chi connectivity index (χ0n) is 12.9. The second-order valence-electron chi connectivity index (χ2n) is 5.80. The Morgan fingerprint density at radius 3 is 2.72 bits per heavy atom. The Morgan fingerprint density at radius 1 is 1.16 bits per heavy atom. The predicted octanol–water partition coefficient (Wildman–Crippen LogP) is 2.85. The van der Waals surface area contributed by atoms with Crippen LogP contribution in [0.5, 0.6) is 0 Å². The Labute approximate surface area is 146 Å². The minimum absolute atomic E-state index is 0.0833. The van der Waals surface area contributed by atoms with Gasteiger partial charge in [0.15, 0.2) is 5.82 Å². The summed E-state index contributed by atoms with van der Waals surface area (Å²) in [5, 5.41) is 2.48. The first-order valence-corrected chi connectivity index (χ1v) is 7.93. The van der Waals surface area contributed by atoms with E-state index < -0.39 is 11.6 Å². The lowest BCUT2D eigenvalue weighted by Crippen LogP contribution is -2.56. The van der Waals surface area contributed by atoms with Crippen LogP contribution in [0.3, 0.4) is 0 Å². The van der Waals surface area contributed by atoms with Crippen molar-refractivity contribution in [1.82, 2.24) is 15.0 Å². The fraction of sp³-hybridized carbons (Fsp3) is 0.188. The number of rotatable bonds is 3. The monoisotopic (exact) mass is 362 g/mol. The summed E-state index contributed by atoms with van der Waals surface area (Å²) in [6.07, 6.45) is 1.33. The minimum Gasteiger partial charge on any atom is -0.353 e. The molecule has 1 aliphatic heterocycles. The van der Waals surface area contributed by atoms with Crippen molar-refractivity contribution >= 4 is 40.0 Å². The van der Waals surface area contributed by atoms with Crippen molar-refractivity contribution in [2.75, 3.05) is 23.3 Å². The fourth-order valence-electron chi connectivity index (χ4n) is 2.64. The fourth-order valence-corrected chi connectivity index (χ4v) is 2.79. The molecule has 0 aliphatic carbocycles. The van der Waals surface area contributed by atoms with Gasteiger partial charge in [0, 0.05) is 25.2 Å². The lowest BCUT2D eigenvalue weighted by molar-refractivity contribution is 0.515. The third kappa shape index (κ3) is 2.94. The van der Waals surface area contributed by atoms with Crippen LogP contribution in [-0.4, -0.2) is 34.1 Å². The maximum atomic E-state index is 14.0. The number of nitrogens with zero attached hydrogens (tertiary/aromatic N) is 4. The van der Waals surface area contributed by atoms with Crippen LogP contribution in [0.1, 0.15) is 0 Å². The normalized spacial score (nSPS) is 14.6. The molecule has 3 N–H and O–H groups in total.